The third-order valence-corrected chi connectivity index (χ3v) is 6.29. The van der Waals surface area contributed by atoms with Gasteiger partial charge in [-0.05, 0) is 76.2 Å². The Labute approximate surface area is 196 Å². The molecule has 0 aliphatic rings. The Hall–Kier alpha value is -1.02. The molecule has 0 atom stereocenters. The van der Waals surface area contributed by atoms with Crippen molar-refractivity contribution >= 4 is 0 Å². The van der Waals surface area contributed by atoms with E-state index in [0.717, 1.165) is 31.6 Å². The topological polar surface area (TPSA) is 24.1 Å². The zero-order valence-electron chi connectivity index (χ0n) is 21.8. The molecule has 0 fully saturated rings. The molecule has 0 amide bonds. The number of unbranched alkanes of at least 4 members (excludes halogenated alkanes) is 6. The van der Waals surface area contributed by atoms with E-state index in [1.165, 1.54) is 101 Å². The highest BCUT2D eigenvalue weighted by Crippen LogP contribution is 2.23. The van der Waals surface area contributed by atoms with Gasteiger partial charge in [-0.1, -0.05) is 90.7 Å². The molecule has 0 heterocycles. The summed E-state index contributed by atoms with van der Waals surface area (Å²) >= 11 is 0. The van der Waals surface area contributed by atoms with Crippen LogP contribution in [0.4, 0.5) is 0 Å². The molecule has 2 N–H and O–H groups in total. The van der Waals surface area contributed by atoms with Gasteiger partial charge >= 0.3 is 0 Å². The maximum atomic E-state index is 4.24. The second-order valence-corrected chi connectivity index (χ2v) is 10.3. The number of rotatable bonds is 23. The molecule has 0 aromatic carbocycles. The summed E-state index contributed by atoms with van der Waals surface area (Å²) in [4.78, 5) is 0. The SMILES string of the molecule is C=C(CCCC)CCCCCCNCC(C)(C)CCCCCC(=C)CCNC(=C)CC. The van der Waals surface area contributed by atoms with E-state index in [1.54, 1.807) is 0 Å². The van der Waals surface area contributed by atoms with Crippen molar-refractivity contribution in [3.05, 3.63) is 36.6 Å². The predicted molar refractivity (Wildman–Crippen MR) is 143 cm³/mol. The number of hydrogen-bond acceptors (Lipinski definition) is 2. The first kappa shape index (κ1) is 30.0. The van der Waals surface area contributed by atoms with Crippen LogP contribution in [0, 0.1) is 5.41 Å². The van der Waals surface area contributed by atoms with E-state index < -0.39 is 0 Å². The normalized spacial score (nSPS) is 11.5. The van der Waals surface area contributed by atoms with Gasteiger partial charge in [0.15, 0.2) is 0 Å². The van der Waals surface area contributed by atoms with Crippen LogP contribution >= 0.6 is 0 Å². The Morgan fingerprint density at radius 1 is 0.677 bits per heavy atom. The van der Waals surface area contributed by atoms with Gasteiger partial charge in [0.05, 0.1) is 0 Å². The van der Waals surface area contributed by atoms with Crippen LogP contribution < -0.4 is 10.6 Å². The van der Waals surface area contributed by atoms with Crippen LogP contribution in [0.1, 0.15) is 124 Å². The summed E-state index contributed by atoms with van der Waals surface area (Å²) in [6, 6.07) is 0. The lowest BCUT2D eigenvalue weighted by atomic mass is 9.86. The highest BCUT2D eigenvalue weighted by molar-refractivity contribution is 4.97. The minimum absolute atomic E-state index is 0.401. The minimum atomic E-state index is 0.401. The Balaban J connectivity index is 3.55. The maximum Gasteiger partial charge on any atom is 0.0180 e. The largest absolute Gasteiger partial charge is 0.389 e. The first-order valence-electron chi connectivity index (χ1n) is 13.3. The quantitative estimate of drug-likeness (QED) is 0.125. The van der Waals surface area contributed by atoms with Crippen molar-refractivity contribution in [2.24, 2.45) is 5.41 Å². The summed E-state index contributed by atoms with van der Waals surface area (Å²) in [5.41, 5.74) is 4.37. The van der Waals surface area contributed by atoms with Crippen molar-refractivity contribution in [3.63, 3.8) is 0 Å². The second-order valence-electron chi connectivity index (χ2n) is 10.3. The first-order chi connectivity index (χ1) is 14.8. The average molecular weight is 433 g/mol. The van der Waals surface area contributed by atoms with Gasteiger partial charge in [0.2, 0.25) is 0 Å². The van der Waals surface area contributed by atoms with Gasteiger partial charge in [0, 0.05) is 18.8 Å². The molecule has 2 heteroatoms. The Morgan fingerprint density at radius 3 is 1.90 bits per heavy atom. The standard InChI is InChI=1S/C29H56N2/c1-8-10-18-26(3)19-14-11-12-17-23-30-25-29(6,7)22-16-13-15-20-27(4)21-24-31-28(5)9-2/h30-31H,3-5,8-25H2,1-2,6-7H3. The maximum absolute atomic E-state index is 4.24. The van der Waals surface area contributed by atoms with Crippen LogP contribution in [0.2, 0.25) is 0 Å². The van der Waals surface area contributed by atoms with Gasteiger partial charge in [0.1, 0.15) is 0 Å². The van der Waals surface area contributed by atoms with Crippen LogP contribution in [-0.2, 0) is 0 Å². The zero-order chi connectivity index (χ0) is 23.4. The summed E-state index contributed by atoms with van der Waals surface area (Å²) in [6.45, 7) is 24.9. The van der Waals surface area contributed by atoms with E-state index in [0.29, 0.717) is 5.41 Å². The fourth-order valence-electron chi connectivity index (χ4n) is 3.87. The van der Waals surface area contributed by atoms with Crippen LogP contribution in [-0.4, -0.2) is 19.6 Å². The molecule has 0 unspecified atom stereocenters. The van der Waals surface area contributed by atoms with E-state index >= 15 is 0 Å². The van der Waals surface area contributed by atoms with E-state index in [-0.39, 0.29) is 0 Å². The van der Waals surface area contributed by atoms with Gasteiger partial charge in [-0.15, -0.1) is 0 Å². The molecule has 0 aromatic rings. The van der Waals surface area contributed by atoms with E-state index in [2.05, 4.69) is 58.1 Å². The monoisotopic (exact) mass is 432 g/mol. The van der Waals surface area contributed by atoms with Crippen LogP contribution in [0.5, 0.6) is 0 Å². The summed E-state index contributed by atoms with van der Waals surface area (Å²) in [7, 11) is 0. The molecule has 182 valence electrons. The smallest absolute Gasteiger partial charge is 0.0180 e. The lowest BCUT2D eigenvalue weighted by molar-refractivity contribution is 0.301. The van der Waals surface area contributed by atoms with Crippen molar-refractivity contribution < 1.29 is 0 Å². The van der Waals surface area contributed by atoms with Crippen molar-refractivity contribution in [2.75, 3.05) is 19.6 Å². The molecule has 0 aromatic heterocycles. The van der Waals surface area contributed by atoms with Gasteiger partial charge in [-0.3, -0.25) is 0 Å². The van der Waals surface area contributed by atoms with Gasteiger partial charge in [0.25, 0.3) is 0 Å². The molecular weight excluding hydrogens is 376 g/mol. The molecule has 0 aliphatic heterocycles. The highest BCUT2D eigenvalue weighted by atomic mass is 14.9. The molecule has 0 spiro atoms. The number of nitrogens with one attached hydrogen (secondary N) is 2. The fraction of sp³-hybridized carbons (Fsp3) is 0.793. The van der Waals surface area contributed by atoms with Crippen molar-refractivity contribution in [3.8, 4) is 0 Å². The van der Waals surface area contributed by atoms with Crippen LogP contribution in [0.15, 0.2) is 36.6 Å². The molecule has 0 saturated carbocycles. The van der Waals surface area contributed by atoms with Gasteiger partial charge in [-0.2, -0.15) is 0 Å². The minimum Gasteiger partial charge on any atom is -0.389 e. The third kappa shape index (κ3) is 20.6. The van der Waals surface area contributed by atoms with Crippen molar-refractivity contribution in [1.82, 2.24) is 10.6 Å². The Bertz CT molecular complexity index is 475. The predicted octanol–water partition coefficient (Wildman–Crippen LogP) is 8.71. The molecule has 0 bridgehead atoms. The summed E-state index contributed by atoms with van der Waals surface area (Å²) in [6.07, 6.45) is 18.9. The van der Waals surface area contributed by atoms with Gasteiger partial charge < -0.3 is 10.6 Å². The first-order valence-corrected chi connectivity index (χ1v) is 13.3. The molecular formula is C29H56N2. The fourth-order valence-corrected chi connectivity index (χ4v) is 3.87. The number of hydrogen-bond donors (Lipinski definition) is 2. The van der Waals surface area contributed by atoms with Crippen molar-refractivity contribution in [2.45, 2.75) is 124 Å². The lowest BCUT2D eigenvalue weighted by Gasteiger charge is -2.25. The number of allylic oxidation sites excluding steroid dienone is 2. The summed E-state index contributed by atoms with van der Waals surface area (Å²) in [5, 5.41) is 7.07. The molecule has 0 aliphatic carbocycles. The summed E-state index contributed by atoms with van der Waals surface area (Å²) in [5.74, 6) is 0. The van der Waals surface area contributed by atoms with E-state index in [9.17, 15) is 0 Å². The highest BCUT2D eigenvalue weighted by Gasteiger charge is 2.16. The van der Waals surface area contributed by atoms with Gasteiger partial charge in [-0.25, -0.2) is 0 Å². The zero-order valence-corrected chi connectivity index (χ0v) is 21.8. The molecule has 0 saturated heterocycles. The van der Waals surface area contributed by atoms with E-state index in [4.69, 9.17) is 0 Å². The third-order valence-electron chi connectivity index (χ3n) is 6.29. The van der Waals surface area contributed by atoms with E-state index in [1.807, 2.05) is 0 Å². The summed E-state index contributed by atoms with van der Waals surface area (Å²) < 4.78 is 0. The molecule has 0 radical (unpaired) electrons. The average Bonchev–Trinajstić information content (AvgIpc) is 2.73. The molecule has 31 heavy (non-hydrogen) atoms. The Kier molecular flexibility index (Phi) is 19.0. The van der Waals surface area contributed by atoms with Crippen LogP contribution in [0.25, 0.3) is 0 Å². The van der Waals surface area contributed by atoms with Crippen LogP contribution in [0.3, 0.4) is 0 Å². The Morgan fingerprint density at radius 2 is 1.26 bits per heavy atom. The van der Waals surface area contributed by atoms with Crippen molar-refractivity contribution in [1.29, 1.82) is 0 Å². The molecule has 2 nitrogen and oxygen atoms in total. The lowest BCUT2D eigenvalue weighted by Crippen LogP contribution is -2.30. The second kappa shape index (κ2) is 19.6. The molecule has 0 rings (SSSR count).